The number of rotatable bonds is 8. The van der Waals surface area contributed by atoms with E-state index >= 15 is 0 Å². The molecule has 2 aromatic heterocycles. The van der Waals surface area contributed by atoms with Gasteiger partial charge in [0.05, 0.1) is 16.6 Å². The number of hydrogen-bond acceptors (Lipinski definition) is 6. The zero-order valence-electron chi connectivity index (χ0n) is 18.6. The Balaban J connectivity index is 1.57. The number of nitriles is 1. The van der Waals surface area contributed by atoms with Crippen molar-refractivity contribution in [3.8, 4) is 16.5 Å². The van der Waals surface area contributed by atoms with Gasteiger partial charge in [0.25, 0.3) is 5.56 Å². The van der Waals surface area contributed by atoms with Gasteiger partial charge in [0.2, 0.25) is 5.91 Å². The maximum atomic E-state index is 13.4. The number of thioether (sulfide) groups is 1. The molecule has 0 aliphatic carbocycles. The Morgan fingerprint density at radius 1 is 1.24 bits per heavy atom. The highest BCUT2D eigenvalue weighted by molar-refractivity contribution is 7.99. The number of fused-ring (bicyclic) bond motifs is 1. The van der Waals surface area contributed by atoms with Gasteiger partial charge in [-0.15, -0.1) is 17.9 Å². The minimum absolute atomic E-state index is 0.101. The molecule has 2 aromatic carbocycles. The zero-order valence-corrected chi connectivity index (χ0v) is 20.2. The predicted molar refractivity (Wildman–Crippen MR) is 139 cm³/mol. The average molecular weight is 487 g/mol. The molecule has 8 heteroatoms. The van der Waals surface area contributed by atoms with E-state index in [4.69, 9.17) is 4.98 Å². The summed E-state index contributed by atoms with van der Waals surface area (Å²) in [6.45, 7) is 6.07. The Kier molecular flexibility index (Phi) is 7.26. The number of anilines is 1. The fraction of sp³-hybridized carbons (Fsp3) is 0.154. The highest BCUT2D eigenvalue weighted by Gasteiger charge is 2.19. The summed E-state index contributed by atoms with van der Waals surface area (Å²) in [4.78, 5) is 32.3. The monoisotopic (exact) mass is 486 g/mol. The second kappa shape index (κ2) is 10.5. The standard InChI is InChI=1S/C26H22N4O2S2/c1-3-14-30-25(32)22-17(2)23(18-9-5-4-6-10-18)34-24(22)29-26(30)33-15-13-21(31)28-20-12-8-7-11-19(20)16-27/h3-12H,1,13-15H2,2H3,(H,28,31). The van der Waals surface area contributed by atoms with Gasteiger partial charge in [-0.25, -0.2) is 4.98 Å². The molecule has 170 valence electrons. The summed E-state index contributed by atoms with van der Waals surface area (Å²) < 4.78 is 1.61. The largest absolute Gasteiger partial charge is 0.325 e. The first kappa shape index (κ1) is 23.5. The van der Waals surface area contributed by atoms with Crippen molar-refractivity contribution in [2.75, 3.05) is 11.1 Å². The summed E-state index contributed by atoms with van der Waals surface area (Å²) in [5.41, 5.74) is 2.79. The molecule has 0 fully saturated rings. The number of amides is 1. The van der Waals surface area contributed by atoms with Crippen molar-refractivity contribution in [1.29, 1.82) is 5.26 Å². The lowest BCUT2D eigenvalue weighted by molar-refractivity contribution is -0.115. The van der Waals surface area contributed by atoms with E-state index in [1.165, 1.54) is 23.1 Å². The molecule has 0 radical (unpaired) electrons. The summed E-state index contributed by atoms with van der Waals surface area (Å²) in [6, 6.07) is 18.9. The summed E-state index contributed by atoms with van der Waals surface area (Å²) in [5, 5.41) is 13.2. The van der Waals surface area contributed by atoms with Crippen LogP contribution in [0.15, 0.2) is 77.2 Å². The molecule has 4 aromatic rings. The van der Waals surface area contributed by atoms with Crippen LogP contribution in [0, 0.1) is 18.3 Å². The molecule has 34 heavy (non-hydrogen) atoms. The van der Waals surface area contributed by atoms with E-state index in [0.717, 1.165) is 16.0 Å². The molecule has 0 bridgehead atoms. The van der Waals surface area contributed by atoms with Gasteiger partial charge < -0.3 is 5.32 Å². The van der Waals surface area contributed by atoms with Crippen LogP contribution in [0.25, 0.3) is 20.7 Å². The quantitative estimate of drug-likeness (QED) is 0.199. The number of allylic oxidation sites excluding steroid dienone is 1. The molecule has 0 saturated heterocycles. The van der Waals surface area contributed by atoms with Crippen molar-refractivity contribution in [2.45, 2.75) is 25.0 Å². The maximum Gasteiger partial charge on any atom is 0.263 e. The first-order valence-corrected chi connectivity index (χ1v) is 12.5. The third kappa shape index (κ3) is 4.81. The minimum Gasteiger partial charge on any atom is -0.325 e. The van der Waals surface area contributed by atoms with Crippen LogP contribution in [0.1, 0.15) is 17.5 Å². The molecule has 0 saturated carbocycles. The maximum absolute atomic E-state index is 13.4. The molecule has 0 atom stereocenters. The van der Waals surface area contributed by atoms with Gasteiger partial charge in [-0.2, -0.15) is 5.26 Å². The van der Waals surface area contributed by atoms with Gasteiger partial charge >= 0.3 is 0 Å². The Bertz CT molecular complexity index is 1470. The van der Waals surface area contributed by atoms with E-state index in [-0.39, 0.29) is 17.9 Å². The molecular weight excluding hydrogens is 464 g/mol. The van der Waals surface area contributed by atoms with Gasteiger partial charge in [0.1, 0.15) is 10.9 Å². The van der Waals surface area contributed by atoms with Crippen LogP contribution in [-0.2, 0) is 11.3 Å². The Labute approximate surface area is 205 Å². The predicted octanol–water partition coefficient (Wildman–Crippen LogP) is 5.61. The highest BCUT2D eigenvalue weighted by Crippen LogP contribution is 2.36. The van der Waals surface area contributed by atoms with Gasteiger partial charge in [-0.05, 0) is 30.2 Å². The second-order valence-electron chi connectivity index (χ2n) is 7.51. The number of nitrogens with zero attached hydrogens (tertiary/aromatic N) is 3. The number of hydrogen-bond donors (Lipinski definition) is 1. The molecule has 1 N–H and O–H groups in total. The number of para-hydroxylation sites is 1. The lowest BCUT2D eigenvalue weighted by Gasteiger charge is -2.10. The summed E-state index contributed by atoms with van der Waals surface area (Å²) in [5.74, 6) is 0.234. The van der Waals surface area contributed by atoms with E-state index in [2.05, 4.69) is 18.0 Å². The van der Waals surface area contributed by atoms with E-state index < -0.39 is 0 Å². The van der Waals surface area contributed by atoms with Crippen molar-refractivity contribution in [3.05, 3.63) is 88.7 Å². The lowest BCUT2D eigenvalue weighted by Crippen LogP contribution is -2.23. The van der Waals surface area contributed by atoms with E-state index in [1.807, 2.05) is 37.3 Å². The SMILES string of the molecule is C=CCn1c(SCCC(=O)Nc2ccccc2C#N)nc2sc(-c3ccccc3)c(C)c2c1=O. The van der Waals surface area contributed by atoms with E-state index in [0.29, 0.717) is 38.9 Å². The van der Waals surface area contributed by atoms with Crippen molar-refractivity contribution in [3.63, 3.8) is 0 Å². The van der Waals surface area contributed by atoms with Crippen LogP contribution in [0.2, 0.25) is 0 Å². The third-order valence-corrected chi connectivity index (χ3v) is 7.46. The first-order chi connectivity index (χ1) is 16.5. The number of carbonyl (C=O) groups excluding carboxylic acids is 1. The smallest absolute Gasteiger partial charge is 0.263 e. The Morgan fingerprint density at radius 3 is 2.71 bits per heavy atom. The second-order valence-corrected chi connectivity index (χ2v) is 9.57. The average Bonchev–Trinajstić information content (AvgIpc) is 3.18. The topological polar surface area (TPSA) is 87.8 Å². The number of aromatic nitrogens is 2. The molecule has 1 amide bonds. The lowest BCUT2D eigenvalue weighted by atomic mass is 10.1. The molecule has 0 aliphatic heterocycles. The van der Waals surface area contributed by atoms with Crippen molar-refractivity contribution >= 4 is 44.9 Å². The summed E-state index contributed by atoms with van der Waals surface area (Å²) in [7, 11) is 0. The van der Waals surface area contributed by atoms with Crippen LogP contribution in [-0.4, -0.2) is 21.2 Å². The van der Waals surface area contributed by atoms with Crippen LogP contribution in [0.5, 0.6) is 0 Å². The molecule has 2 heterocycles. The van der Waals surface area contributed by atoms with E-state index in [9.17, 15) is 14.9 Å². The number of nitrogens with one attached hydrogen (secondary N) is 1. The van der Waals surface area contributed by atoms with Crippen LogP contribution in [0.4, 0.5) is 5.69 Å². The van der Waals surface area contributed by atoms with Gasteiger partial charge in [-0.1, -0.05) is 60.3 Å². The molecule has 4 rings (SSSR count). The Hall–Kier alpha value is -3.67. The number of carbonyl (C=O) groups is 1. The first-order valence-electron chi connectivity index (χ1n) is 10.7. The molecule has 0 aliphatic rings. The molecule has 6 nitrogen and oxygen atoms in total. The van der Waals surface area contributed by atoms with Crippen molar-refractivity contribution < 1.29 is 4.79 Å². The number of benzene rings is 2. The highest BCUT2D eigenvalue weighted by atomic mass is 32.2. The van der Waals surface area contributed by atoms with Crippen LogP contribution >= 0.6 is 23.1 Å². The molecule has 0 spiro atoms. The van der Waals surface area contributed by atoms with Crippen molar-refractivity contribution in [2.24, 2.45) is 0 Å². The fourth-order valence-electron chi connectivity index (χ4n) is 3.60. The van der Waals surface area contributed by atoms with E-state index in [1.54, 1.807) is 34.9 Å². The van der Waals surface area contributed by atoms with Crippen LogP contribution in [0.3, 0.4) is 0 Å². The number of aryl methyl sites for hydroxylation is 1. The fourth-order valence-corrected chi connectivity index (χ4v) is 5.77. The van der Waals surface area contributed by atoms with Crippen LogP contribution < -0.4 is 10.9 Å². The zero-order chi connectivity index (χ0) is 24.1. The number of thiophene rings is 1. The summed E-state index contributed by atoms with van der Waals surface area (Å²) >= 11 is 2.86. The third-order valence-electron chi connectivity index (χ3n) is 5.24. The van der Waals surface area contributed by atoms with Gasteiger partial charge in [0, 0.05) is 23.6 Å². The Morgan fingerprint density at radius 2 is 1.97 bits per heavy atom. The van der Waals surface area contributed by atoms with Gasteiger partial charge in [-0.3, -0.25) is 14.2 Å². The van der Waals surface area contributed by atoms with Gasteiger partial charge in [0.15, 0.2) is 5.16 Å². The molecule has 0 unspecified atom stereocenters. The minimum atomic E-state index is -0.202. The summed E-state index contributed by atoms with van der Waals surface area (Å²) in [6.07, 6.45) is 1.88. The van der Waals surface area contributed by atoms with Crippen molar-refractivity contribution in [1.82, 2.24) is 9.55 Å². The normalized spacial score (nSPS) is 10.7. The molecular formula is C26H22N4O2S2.